The zero-order valence-corrected chi connectivity index (χ0v) is 10.8. The zero-order valence-electron chi connectivity index (χ0n) is 10.0. The van der Waals surface area contributed by atoms with Crippen molar-refractivity contribution in [2.75, 3.05) is 13.4 Å². The molecule has 0 saturated carbocycles. The van der Waals surface area contributed by atoms with E-state index in [1.54, 1.807) is 7.11 Å². The van der Waals surface area contributed by atoms with Crippen LogP contribution in [0.3, 0.4) is 0 Å². The van der Waals surface area contributed by atoms with Crippen LogP contribution in [0.2, 0.25) is 0 Å². The molecule has 0 aromatic carbocycles. The molecule has 0 amide bonds. The number of ether oxygens (including phenoxy) is 1. The van der Waals surface area contributed by atoms with Gasteiger partial charge in [-0.2, -0.15) is 0 Å². The van der Waals surface area contributed by atoms with Crippen LogP contribution in [0.4, 0.5) is 0 Å². The number of ketones is 1. The van der Waals surface area contributed by atoms with Gasteiger partial charge in [-0.1, -0.05) is 0 Å². The van der Waals surface area contributed by atoms with E-state index >= 15 is 0 Å². The summed E-state index contributed by atoms with van der Waals surface area (Å²) in [5.74, 6) is -0.248. The van der Waals surface area contributed by atoms with Crippen molar-refractivity contribution in [3.63, 3.8) is 0 Å². The molecule has 5 heteroatoms. The van der Waals surface area contributed by atoms with E-state index < -0.39 is 15.1 Å². The van der Waals surface area contributed by atoms with Crippen LogP contribution in [0.5, 0.6) is 0 Å². The Morgan fingerprint density at radius 2 is 1.87 bits per heavy atom. The molecule has 0 aliphatic rings. The summed E-state index contributed by atoms with van der Waals surface area (Å²) in [7, 11) is -1.69. The normalized spacial score (nSPS) is 15.0. The Balaban J connectivity index is 4.29. The van der Waals surface area contributed by atoms with Crippen LogP contribution in [-0.2, 0) is 19.4 Å². The lowest BCUT2D eigenvalue weighted by Crippen LogP contribution is -2.29. The van der Waals surface area contributed by atoms with Gasteiger partial charge in [0.25, 0.3) is 0 Å². The van der Waals surface area contributed by atoms with Gasteiger partial charge >= 0.3 is 0 Å². The third kappa shape index (κ3) is 5.28. The van der Waals surface area contributed by atoms with Gasteiger partial charge in [0.1, 0.15) is 5.25 Å². The van der Waals surface area contributed by atoms with Crippen LogP contribution in [0.1, 0.15) is 33.6 Å². The Morgan fingerprint density at radius 3 is 2.20 bits per heavy atom. The summed E-state index contributed by atoms with van der Waals surface area (Å²) in [6.45, 7) is 5.16. The molecule has 0 aromatic rings. The first-order valence-electron chi connectivity index (χ1n) is 4.87. The fraction of sp³-hybridized carbons (Fsp3) is 0.900. The monoisotopic (exact) mass is 236 g/mol. The molecule has 0 aliphatic carbocycles. The average molecular weight is 236 g/mol. The lowest BCUT2D eigenvalue weighted by atomic mass is 10.00. The molecule has 0 bridgehead atoms. The smallest absolute Gasteiger partial charge is 0.157 e. The summed E-state index contributed by atoms with van der Waals surface area (Å²) in [4.78, 5) is 11.5. The molecule has 0 fully saturated rings. The average Bonchev–Trinajstić information content (AvgIpc) is 2.11. The van der Waals surface area contributed by atoms with E-state index in [2.05, 4.69) is 0 Å². The Labute approximate surface area is 91.9 Å². The van der Waals surface area contributed by atoms with E-state index in [-0.39, 0.29) is 17.8 Å². The van der Waals surface area contributed by atoms with Crippen molar-refractivity contribution >= 4 is 15.6 Å². The summed E-state index contributed by atoms with van der Waals surface area (Å²) in [6.07, 6.45) is 1.84. The summed E-state index contributed by atoms with van der Waals surface area (Å²) < 4.78 is 27.4. The molecule has 1 atom stereocenters. The highest BCUT2D eigenvalue weighted by Crippen LogP contribution is 2.17. The number of Topliss-reactive ketones (excluding diaryl/α,β-unsaturated/α-hetero) is 1. The third-order valence-electron chi connectivity index (χ3n) is 2.62. The first kappa shape index (κ1) is 14.6. The van der Waals surface area contributed by atoms with Gasteiger partial charge < -0.3 is 4.74 Å². The van der Waals surface area contributed by atoms with Gasteiger partial charge in [-0.05, 0) is 27.2 Å². The number of hydrogen-bond acceptors (Lipinski definition) is 4. The van der Waals surface area contributed by atoms with Crippen molar-refractivity contribution in [2.45, 2.75) is 44.5 Å². The molecule has 90 valence electrons. The maximum Gasteiger partial charge on any atom is 0.157 e. The van der Waals surface area contributed by atoms with E-state index in [9.17, 15) is 13.2 Å². The van der Waals surface area contributed by atoms with Gasteiger partial charge in [-0.25, -0.2) is 8.42 Å². The van der Waals surface area contributed by atoms with Crippen LogP contribution in [-0.4, -0.2) is 38.4 Å². The van der Waals surface area contributed by atoms with Crippen LogP contribution in [0.25, 0.3) is 0 Å². The lowest BCUT2D eigenvalue weighted by Gasteiger charge is -2.22. The molecule has 0 heterocycles. The molecule has 0 N–H and O–H groups in total. The summed E-state index contributed by atoms with van der Waals surface area (Å²) >= 11 is 0. The minimum absolute atomic E-state index is 0.231. The number of methoxy groups -OCH3 is 1. The van der Waals surface area contributed by atoms with Crippen LogP contribution >= 0.6 is 0 Å². The van der Waals surface area contributed by atoms with Gasteiger partial charge in [-0.15, -0.1) is 0 Å². The fourth-order valence-electron chi connectivity index (χ4n) is 0.968. The standard InChI is InChI=1S/C10H20O4S/c1-8(15(5,12)13)9(11)6-7-10(2,3)14-4/h8H,6-7H2,1-5H3. The van der Waals surface area contributed by atoms with Crippen molar-refractivity contribution < 1.29 is 17.9 Å². The molecule has 4 nitrogen and oxygen atoms in total. The number of rotatable bonds is 6. The van der Waals surface area contributed by atoms with Crippen molar-refractivity contribution in [2.24, 2.45) is 0 Å². The van der Waals surface area contributed by atoms with Gasteiger partial charge in [0.05, 0.1) is 5.60 Å². The predicted molar refractivity (Wildman–Crippen MR) is 59.6 cm³/mol. The van der Waals surface area contributed by atoms with E-state index in [0.717, 1.165) is 6.26 Å². The molecule has 0 radical (unpaired) electrons. The number of carbonyl (C=O) groups excluding carboxylic acids is 1. The summed E-state index contributed by atoms with van der Waals surface area (Å²) in [5, 5.41) is -0.912. The van der Waals surface area contributed by atoms with Crippen molar-refractivity contribution in [3.8, 4) is 0 Å². The molecular weight excluding hydrogens is 216 g/mol. The second-order valence-corrected chi connectivity index (χ2v) is 6.77. The van der Waals surface area contributed by atoms with Crippen LogP contribution in [0, 0.1) is 0 Å². The fourth-order valence-corrected chi connectivity index (χ4v) is 1.56. The third-order valence-corrected chi connectivity index (χ3v) is 4.17. The van der Waals surface area contributed by atoms with Crippen molar-refractivity contribution in [1.29, 1.82) is 0 Å². The number of sulfone groups is 1. The first-order valence-corrected chi connectivity index (χ1v) is 6.82. The van der Waals surface area contributed by atoms with E-state index in [1.807, 2.05) is 13.8 Å². The van der Waals surface area contributed by atoms with Gasteiger partial charge in [0, 0.05) is 19.8 Å². The Morgan fingerprint density at radius 1 is 1.40 bits per heavy atom. The van der Waals surface area contributed by atoms with Gasteiger partial charge in [-0.3, -0.25) is 4.79 Å². The highest BCUT2D eigenvalue weighted by Gasteiger charge is 2.25. The highest BCUT2D eigenvalue weighted by molar-refractivity contribution is 7.92. The molecule has 0 saturated heterocycles. The van der Waals surface area contributed by atoms with Crippen LogP contribution < -0.4 is 0 Å². The minimum Gasteiger partial charge on any atom is -0.379 e. The van der Waals surface area contributed by atoms with Crippen molar-refractivity contribution in [1.82, 2.24) is 0 Å². The van der Waals surface area contributed by atoms with E-state index in [4.69, 9.17) is 4.74 Å². The Bertz CT molecular complexity index is 316. The van der Waals surface area contributed by atoms with Crippen LogP contribution in [0.15, 0.2) is 0 Å². The number of hydrogen-bond donors (Lipinski definition) is 0. The number of carbonyl (C=O) groups is 1. The SMILES string of the molecule is COC(C)(C)CCC(=O)C(C)S(C)(=O)=O. The minimum atomic E-state index is -3.27. The Kier molecular flexibility index (Phi) is 4.93. The predicted octanol–water partition coefficient (Wildman–Crippen LogP) is 1.19. The van der Waals surface area contributed by atoms with E-state index in [0.29, 0.717) is 6.42 Å². The van der Waals surface area contributed by atoms with Gasteiger partial charge in [0.15, 0.2) is 15.6 Å². The maximum atomic E-state index is 11.5. The molecule has 0 aromatic heterocycles. The molecule has 0 rings (SSSR count). The van der Waals surface area contributed by atoms with Gasteiger partial charge in [0.2, 0.25) is 0 Å². The first-order chi connectivity index (χ1) is 6.60. The second kappa shape index (κ2) is 5.07. The topological polar surface area (TPSA) is 60.4 Å². The Hall–Kier alpha value is -0.420. The lowest BCUT2D eigenvalue weighted by molar-refractivity contribution is -0.119. The second-order valence-electron chi connectivity index (χ2n) is 4.40. The summed E-state index contributed by atoms with van der Waals surface area (Å²) in [6, 6.07) is 0. The molecule has 1 unspecified atom stereocenters. The quantitative estimate of drug-likeness (QED) is 0.695. The largest absolute Gasteiger partial charge is 0.379 e. The molecule has 0 spiro atoms. The highest BCUT2D eigenvalue weighted by atomic mass is 32.2. The zero-order chi connectivity index (χ0) is 12.3. The molecular formula is C10H20O4S. The summed E-state index contributed by atoms with van der Waals surface area (Å²) in [5.41, 5.74) is -0.382. The van der Waals surface area contributed by atoms with E-state index in [1.165, 1.54) is 6.92 Å². The maximum absolute atomic E-state index is 11.5. The molecule has 15 heavy (non-hydrogen) atoms. The molecule has 0 aliphatic heterocycles. The van der Waals surface area contributed by atoms with Crippen molar-refractivity contribution in [3.05, 3.63) is 0 Å².